The number of nitrogens with zero attached hydrogens (tertiary/aromatic N) is 1. The van der Waals surface area contributed by atoms with Gasteiger partial charge >= 0.3 is 0 Å². The van der Waals surface area contributed by atoms with E-state index in [4.69, 9.17) is 8.83 Å². The molecule has 0 spiro atoms. The molecule has 0 atom stereocenters. The fourth-order valence-corrected chi connectivity index (χ4v) is 2.76. The third-order valence-corrected chi connectivity index (χ3v) is 4.13. The summed E-state index contributed by atoms with van der Waals surface area (Å²) in [6.45, 7) is 1.45. The van der Waals surface area contributed by atoms with Crippen molar-refractivity contribution in [3.05, 3.63) is 84.4 Å². The Bertz CT molecular complexity index is 1110. The number of carbonyl (C=O) groups excluding carboxylic acids is 2. The first-order chi connectivity index (χ1) is 13.6. The molecule has 6 heteroatoms. The standard InChI is InChI=1S/C22H16N2O4/c1-14(25)19-20(28-22(24-19)16-6-3-2-4-7-16)15-9-11-17(12-10-15)23-21(26)18-8-5-13-27-18/h2-13H,1H3,(H,23,26). The van der Waals surface area contributed by atoms with Crippen LogP contribution in [0.15, 0.2) is 81.8 Å². The second kappa shape index (κ2) is 7.36. The molecule has 28 heavy (non-hydrogen) atoms. The molecule has 138 valence electrons. The average Bonchev–Trinajstić information content (AvgIpc) is 3.40. The van der Waals surface area contributed by atoms with Crippen LogP contribution in [0, 0.1) is 0 Å². The molecule has 0 bridgehead atoms. The van der Waals surface area contributed by atoms with Crippen LogP contribution in [0.4, 0.5) is 5.69 Å². The number of hydrogen-bond acceptors (Lipinski definition) is 5. The molecule has 4 rings (SSSR count). The monoisotopic (exact) mass is 372 g/mol. The molecule has 0 aliphatic rings. The van der Waals surface area contributed by atoms with Crippen molar-refractivity contribution < 1.29 is 18.4 Å². The Morgan fingerprint density at radius 2 is 1.64 bits per heavy atom. The van der Waals surface area contributed by atoms with Crippen LogP contribution in [0.2, 0.25) is 0 Å². The molecule has 6 nitrogen and oxygen atoms in total. The average molecular weight is 372 g/mol. The minimum Gasteiger partial charge on any atom is -0.459 e. The zero-order chi connectivity index (χ0) is 19.5. The van der Waals surface area contributed by atoms with Gasteiger partial charge in [-0.1, -0.05) is 18.2 Å². The summed E-state index contributed by atoms with van der Waals surface area (Å²) in [5, 5.41) is 2.75. The topological polar surface area (TPSA) is 85.3 Å². The minimum atomic E-state index is -0.340. The highest BCUT2D eigenvalue weighted by atomic mass is 16.4. The normalized spacial score (nSPS) is 10.6. The Morgan fingerprint density at radius 3 is 2.29 bits per heavy atom. The molecule has 0 aliphatic carbocycles. The number of nitrogens with one attached hydrogen (secondary N) is 1. The molecule has 0 saturated carbocycles. The lowest BCUT2D eigenvalue weighted by Gasteiger charge is -2.04. The highest BCUT2D eigenvalue weighted by Crippen LogP contribution is 2.31. The van der Waals surface area contributed by atoms with Crippen molar-refractivity contribution in [3.8, 4) is 22.8 Å². The summed E-state index contributed by atoms with van der Waals surface area (Å²) in [6.07, 6.45) is 1.44. The number of rotatable bonds is 5. The predicted molar refractivity (Wildman–Crippen MR) is 104 cm³/mol. The number of ketones is 1. The molecular weight excluding hydrogens is 356 g/mol. The van der Waals surface area contributed by atoms with Gasteiger partial charge < -0.3 is 14.2 Å². The van der Waals surface area contributed by atoms with E-state index in [1.807, 2.05) is 30.3 Å². The van der Waals surface area contributed by atoms with Gasteiger partial charge in [-0.05, 0) is 48.5 Å². The molecule has 0 radical (unpaired) electrons. The maximum absolute atomic E-state index is 12.1. The minimum absolute atomic E-state index is 0.184. The summed E-state index contributed by atoms with van der Waals surface area (Å²) in [4.78, 5) is 28.5. The van der Waals surface area contributed by atoms with Gasteiger partial charge in [-0.15, -0.1) is 0 Å². The summed E-state index contributed by atoms with van der Waals surface area (Å²) in [6, 6.07) is 19.6. The fourth-order valence-electron chi connectivity index (χ4n) is 2.76. The number of aromatic nitrogens is 1. The van der Waals surface area contributed by atoms with E-state index in [1.54, 1.807) is 36.4 Å². The van der Waals surface area contributed by atoms with Gasteiger partial charge in [-0.2, -0.15) is 0 Å². The smallest absolute Gasteiger partial charge is 0.291 e. The molecular formula is C22H16N2O4. The number of amides is 1. The second-order valence-electron chi connectivity index (χ2n) is 6.13. The summed E-state index contributed by atoms with van der Waals surface area (Å²) in [5.41, 5.74) is 2.35. The maximum Gasteiger partial charge on any atom is 0.291 e. The number of hydrogen-bond donors (Lipinski definition) is 1. The predicted octanol–water partition coefficient (Wildman–Crippen LogP) is 5.06. The van der Waals surface area contributed by atoms with Crippen molar-refractivity contribution >= 4 is 17.4 Å². The van der Waals surface area contributed by atoms with Crippen molar-refractivity contribution in [3.63, 3.8) is 0 Å². The first-order valence-electron chi connectivity index (χ1n) is 8.64. The van der Waals surface area contributed by atoms with E-state index < -0.39 is 0 Å². The highest BCUT2D eigenvalue weighted by molar-refractivity contribution is 6.02. The van der Waals surface area contributed by atoms with Gasteiger partial charge in [-0.3, -0.25) is 9.59 Å². The molecule has 2 heterocycles. The molecule has 0 aliphatic heterocycles. The Kier molecular flexibility index (Phi) is 4.60. The van der Waals surface area contributed by atoms with Gasteiger partial charge in [0.15, 0.2) is 23.0 Å². The Balaban J connectivity index is 1.62. The number of carbonyl (C=O) groups is 2. The van der Waals surface area contributed by atoms with Crippen molar-refractivity contribution in [2.75, 3.05) is 5.32 Å². The number of anilines is 1. The summed E-state index contributed by atoms with van der Waals surface area (Å²) in [5.74, 6) is 0.487. The molecule has 1 N–H and O–H groups in total. The lowest BCUT2D eigenvalue weighted by Crippen LogP contribution is -2.10. The third-order valence-electron chi connectivity index (χ3n) is 4.13. The summed E-state index contributed by atoms with van der Waals surface area (Å²) < 4.78 is 11.0. The van der Waals surface area contributed by atoms with Crippen LogP contribution < -0.4 is 5.32 Å². The van der Waals surface area contributed by atoms with Gasteiger partial charge in [0, 0.05) is 23.7 Å². The fraction of sp³-hybridized carbons (Fsp3) is 0.0455. The van der Waals surface area contributed by atoms with E-state index in [0.717, 1.165) is 5.56 Å². The van der Waals surface area contributed by atoms with Crippen molar-refractivity contribution in [2.24, 2.45) is 0 Å². The largest absolute Gasteiger partial charge is 0.459 e. The van der Waals surface area contributed by atoms with E-state index in [0.29, 0.717) is 22.9 Å². The van der Waals surface area contributed by atoms with Crippen molar-refractivity contribution in [1.82, 2.24) is 4.98 Å². The van der Waals surface area contributed by atoms with Crippen molar-refractivity contribution in [2.45, 2.75) is 6.92 Å². The van der Waals surface area contributed by atoms with E-state index >= 15 is 0 Å². The first-order valence-corrected chi connectivity index (χ1v) is 8.64. The van der Waals surface area contributed by atoms with E-state index in [-0.39, 0.29) is 23.1 Å². The number of benzene rings is 2. The Morgan fingerprint density at radius 1 is 0.893 bits per heavy atom. The van der Waals surface area contributed by atoms with E-state index in [9.17, 15) is 9.59 Å². The highest BCUT2D eigenvalue weighted by Gasteiger charge is 2.19. The SMILES string of the molecule is CC(=O)c1nc(-c2ccccc2)oc1-c1ccc(NC(=O)c2ccco2)cc1. The molecule has 0 fully saturated rings. The van der Waals surface area contributed by atoms with Crippen LogP contribution in [0.1, 0.15) is 28.0 Å². The van der Waals surface area contributed by atoms with Gasteiger partial charge in [0.05, 0.1) is 6.26 Å². The molecule has 2 aromatic carbocycles. The number of oxazole rings is 1. The van der Waals surface area contributed by atoms with Gasteiger partial charge in [0.25, 0.3) is 5.91 Å². The second-order valence-corrected chi connectivity index (χ2v) is 6.13. The van der Waals surface area contributed by atoms with Gasteiger partial charge in [0.1, 0.15) is 0 Å². The van der Waals surface area contributed by atoms with Crippen LogP contribution >= 0.6 is 0 Å². The zero-order valence-electron chi connectivity index (χ0n) is 15.0. The van der Waals surface area contributed by atoms with E-state index in [2.05, 4.69) is 10.3 Å². The molecule has 4 aromatic rings. The van der Waals surface area contributed by atoms with Gasteiger partial charge in [0.2, 0.25) is 5.89 Å². The van der Waals surface area contributed by atoms with E-state index in [1.165, 1.54) is 13.2 Å². The van der Waals surface area contributed by atoms with Crippen LogP contribution in [0.5, 0.6) is 0 Å². The van der Waals surface area contributed by atoms with Crippen LogP contribution in [-0.2, 0) is 0 Å². The lowest BCUT2D eigenvalue weighted by atomic mass is 10.1. The first kappa shape index (κ1) is 17.5. The summed E-state index contributed by atoms with van der Waals surface area (Å²) in [7, 11) is 0. The summed E-state index contributed by atoms with van der Waals surface area (Å²) >= 11 is 0. The van der Waals surface area contributed by atoms with Crippen LogP contribution in [-0.4, -0.2) is 16.7 Å². The number of Topliss-reactive ketones (excluding diaryl/α,β-unsaturated/α-hetero) is 1. The Labute approximate surface area is 160 Å². The lowest BCUT2D eigenvalue weighted by molar-refractivity contribution is 0.0993. The van der Waals surface area contributed by atoms with Crippen LogP contribution in [0.25, 0.3) is 22.8 Å². The zero-order valence-corrected chi connectivity index (χ0v) is 15.0. The van der Waals surface area contributed by atoms with Crippen LogP contribution in [0.3, 0.4) is 0 Å². The molecule has 2 aromatic heterocycles. The quantitative estimate of drug-likeness (QED) is 0.495. The molecule has 1 amide bonds. The number of furan rings is 1. The maximum atomic E-state index is 12.1. The van der Waals surface area contributed by atoms with Crippen molar-refractivity contribution in [1.29, 1.82) is 0 Å². The Hall–Kier alpha value is -3.93. The molecule has 0 unspecified atom stereocenters. The molecule has 0 saturated heterocycles. The third kappa shape index (κ3) is 3.48. The van der Waals surface area contributed by atoms with Gasteiger partial charge in [-0.25, -0.2) is 4.98 Å².